The van der Waals surface area contributed by atoms with Gasteiger partial charge in [-0.05, 0) is 12.8 Å². The lowest BCUT2D eigenvalue weighted by Gasteiger charge is -1.92. The Bertz CT molecular complexity index is 77.0. The normalized spacial score (nSPS) is 22.5. The SMILES string of the molecule is C1=CCC1.C1CCCCCC1. The molecule has 0 heterocycles. The Balaban J connectivity index is 0.000000128. The van der Waals surface area contributed by atoms with Crippen LogP contribution in [0.5, 0.6) is 0 Å². The molecule has 0 aromatic rings. The van der Waals surface area contributed by atoms with Crippen LogP contribution in [-0.4, -0.2) is 0 Å². The van der Waals surface area contributed by atoms with E-state index in [1.807, 2.05) is 0 Å². The molecule has 2 aliphatic rings. The fourth-order valence-electron chi connectivity index (χ4n) is 1.40. The van der Waals surface area contributed by atoms with Crippen molar-refractivity contribution in [2.45, 2.75) is 57.8 Å². The van der Waals surface area contributed by atoms with Crippen LogP contribution in [0, 0.1) is 0 Å². The van der Waals surface area contributed by atoms with Gasteiger partial charge in [0.05, 0.1) is 0 Å². The average molecular weight is 152 g/mol. The summed E-state index contributed by atoms with van der Waals surface area (Å²) in [6, 6.07) is 0. The third kappa shape index (κ3) is 5.06. The predicted octanol–water partition coefficient (Wildman–Crippen LogP) is 4.07. The van der Waals surface area contributed by atoms with Crippen molar-refractivity contribution in [1.82, 2.24) is 0 Å². The Hall–Kier alpha value is -0.260. The largest absolute Gasteiger partial charge is 0.0882 e. The van der Waals surface area contributed by atoms with Gasteiger partial charge in [-0.2, -0.15) is 0 Å². The third-order valence-corrected chi connectivity index (χ3v) is 2.42. The van der Waals surface area contributed by atoms with Gasteiger partial charge in [0, 0.05) is 0 Å². The lowest BCUT2D eigenvalue weighted by Crippen LogP contribution is -1.71. The summed E-state index contributed by atoms with van der Waals surface area (Å²) < 4.78 is 0. The summed E-state index contributed by atoms with van der Waals surface area (Å²) >= 11 is 0. The zero-order valence-corrected chi connectivity index (χ0v) is 7.52. The van der Waals surface area contributed by atoms with Crippen LogP contribution in [0.2, 0.25) is 0 Å². The molecule has 0 aliphatic heterocycles. The Morgan fingerprint density at radius 2 is 0.636 bits per heavy atom. The summed E-state index contributed by atoms with van der Waals surface area (Å²) in [5.41, 5.74) is 0. The second-order valence-corrected chi connectivity index (χ2v) is 3.52. The summed E-state index contributed by atoms with van der Waals surface area (Å²) in [5.74, 6) is 0. The van der Waals surface area contributed by atoms with Gasteiger partial charge >= 0.3 is 0 Å². The van der Waals surface area contributed by atoms with Crippen molar-refractivity contribution >= 4 is 0 Å². The van der Waals surface area contributed by atoms with Gasteiger partial charge in [0.25, 0.3) is 0 Å². The highest BCUT2D eigenvalue weighted by Gasteiger charge is 1.95. The van der Waals surface area contributed by atoms with Crippen LogP contribution >= 0.6 is 0 Å². The molecule has 0 heteroatoms. The molecule has 0 unspecified atom stereocenters. The molecule has 0 spiro atoms. The fraction of sp³-hybridized carbons (Fsp3) is 0.818. The Morgan fingerprint density at radius 3 is 0.727 bits per heavy atom. The summed E-state index contributed by atoms with van der Waals surface area (Å²) in [4.78, 5) is 0. The van der Waals surface area contributed by atoms with Gasteiger partial charge in [-0.15, -0.1) is 0 Å². The van der Waals surface area contributed by atoms with Crippen LogP contribution in [-0.2, 0) is 0 Å². The van der Waals surface area contributed by atoms with E-state index in [-0.39, 0.29) is 0 Å². The third-order valence-electron chi connectivity index (χ3n) is 2.42. The molecule has 0 atom stereocenters. The summed E-state index contributed by atoms with van der Waals surface area (Å²) in [5, 5.41) is 0. The van der Waals surface area contributed by atoms with Crippen LogP contribution in [0.4, 0.5) is 0 Å². The van der Waals surface area contributed by atoms with Crippen LogP contribution in [0.1, 0.15) is 57.8 Å². The minimum Gasteiger partial charge on any atom is -0.0882 e. The molecule has 0 aromatic carbocycles. The molecule has 1 fully saturated rings. The maximum absolute atomic E-state index is 2.18. The number of rotatable bonds is 0. The molecule has 0 amide bonds. The second-order valence-electron chi connectivity index (χ2n) is 3.52. The van der Waals surface area contributed by atoms with E-state index >= 15 is 0 Å². The molecule has 2 aliphatic carbocycles. The molecule has 0 radical (unpaired) electrons. The first kappa shape index (κ1) is 8.83. The zero-order chi connectivity index (χ0) is 7.78. The van der Waals surface area contributed by atoms with Crippen molar-refractivity contribution in [1.29, 1.82) is 0 Å². The first-order chi connectivity index (χ1) is 5.50. The molecule has 0 N–H and O–H groups in total. The number of hydrogen-bond donors (Lipinski definition) is 0. The highest BCUT2D eigenvalue weighted by Crippen LogP contribution is 2.15. The van der Waals surface area contributed by atoms with Crippen LogP contribution in [0.25, 0.3) is 0 Å². The smallest absolute Gasteiger partial charge is 0.0316 e. The second kappa shape index (κ2) is 6.45. The molecular formula is C11H20. The quantitative estimate of drug-likeness (QED) is 0.362. The molecule has 2 rings (SSSR count). The maximum atomic E-state index is 2.18. The molecular weight excluding hydrogens is 132 g/mol. The minimum absolute atomic E-state index is 1.32. The van der Waals surface area contributed by atoms with Gasteiger partial charge in [0.2, 0.25) is 0 Å². The lowest BCUT2D eigenvalue weighted by atomic mass is 10.1. The van der Waals surface area contributed by atoms with E-state index in [0.29, 0.717) is 0 Å². The van der Waals surface area contributed by atoms with Crippen molar-refractivity contribution in [3.05, 3.63) is 12.2 Å². The lowest BCUT2D eigenvalue weighted by molar-refractivity contribution is 0.702. The molecule has 64 valence electrons. The Labute approximate surface area is 70.7 Å². The number of hydrogen-bond acceptors (Lipinski definition) is 0. The average Bonchev–Trinajstić information content (AvgIpc) is 2.10. The van der Waals surface area contributed by atoms with E-state index in [1.54, 1.807) is 0 Å². The van der Waals surface area contributed by atoms with E-state index in [1.165, 1.54) is 57.8 Å². The highest BCUT2D eigenvalue weighted by molar-refractivity contribution is 4.92. The van der Waals surface area contributed by atoms with Crippen LogP contribution in [0.3, 0.4) is 0 Å². The van der Waals surface area contributed by atoms with Gasteiger partial charge in [-0.25, -0.2) is 0 Å². The Kier molecular flexibility index (Phi) is 5.18. The number of allylic oxidation sites excluding steroid dienone is 2. The molecule has 11 heavy (non-hydrogen) atoms. The van der Waals surface area contributed by atoms with Crippen LogP contribution < -0.4 is 0 Å². The molecule has 0 nitrogen and oxygen atoms in total. The van der Waals surface area contributed by atoms with Crippen molar-refractivity contribution in [3.8, 4) is 0 Å². The van der Waals surface area contributed by atoms with Gasteiger partial charge < -0.3 is 0 Å². The van der Waals surface area contributed by atoms with E-state index in [2.05, 4.69) is 12.2 Å². The maximum Gasteiger partial charge on any atom is -0.0316 e. The molecule has 1 saturated carbocycles. The van der Waals surface area contributed by atoms with Crippen molar-refractivity contribution in [2.24, 2.45) is 0 Å². The predicted molar refractivity (Wildman–Crippen MR) is 50.7 cm³/mol. The topological polar surface area (TPSA) is 0 Å². The van der Waals surface area contributed by atoms with E-state index in [9.17, 15) is 0 Å². The summed E-state index contributed by atoms with van der Waals surface area (Å²) in [6.45, 7) is 0. The molecule has 0 aromatic heterocycles. The molecule has 0 saturated heterocycles. The monoisotopic (exact) mass is 152 g/mol. The standard InChI is InChI=1S/C7H14.C4H6/c1-2-4-6-7-5-3-1;1-2-4-3-1/h1-7H2;1-2H,3-4H2. The van der Waals surface area contributed by atoms with Crippen LogP contribution in [0.15, 0.2) is 12.2 Å². The van der Waals surface area contributed by atoms with E-state index in [0.717, 1.165) is 0 Å². The van der Waals surface area contributed by atoms with Crippen molar-refractivity contribution < 1.29 is 0 Å². The van der Waals surface area contributed by atoms with E-state index < -0.39 is 0 Å². The Morgan fingerprint density at radius 1 is 0.455 bits per heavy atom. The van der Waals surface area contributed by atoms with Gasteiger partial charge in [-0.1, -0.05) is 57.1 Å². The summed E-state index contributed by atoms with van der Waals surface area (Å²) in [7, 11) is 0. The fourth-order valence-corrected chi connectivity index (χ4v) is 1.40. The van der Waals surface area contributed by atoms with Gasteiger partial charge in [-0.3, -0.25) is 0 Å². The minimum atomic E-state index is 1.32. The molecule has 0 bridgehead atoms. The highest BCUT2D eigenvalue weighted by atomic mass is 14.0. The zero-order valence-electron chi connectivity index (χ0n) is 7.52. The first-order valence-corrected chi connectivity index (χ1v) is 5.15. The van der Waals surface area contributed by atoms with Crippen molar-refractivity contribution in [3.63, 3.8) is 0 Å². The van der Waals surface area contributed by atoms with E-state index in [4.69, 9.17) is 0 Å². The first-order valence-electron chi connectivity index (χ1n) is 5.15. The van der Waals surface area contributed by atoms with Gasteiger partial charge in [0.15, 0.2) is 0 Å². The van der Waals surface area contributed by atoms with Gasteiger partial charge in [0.1, 0.15) is 0 Å². The van der Waals surface area contributed by atoms with Crippen molar-refractivity contribution in [2.75, 3.05) is 0 Å². The summed E-state index contributed by atoms with van der Waals surface area (Å²) in [6.07, 6.45) is 17.5.